The molecule has 2 N–H and O–H groups in total. The number of carbonyl (C=O) groups is 1. The molecule has 1 fully saturated rings. The number of hydrogen-bond acceptors (Lipinski definition) is 3. The van der Waals surface area contributed by atoms with Gasteiger partial charge in [-0.1, -0.05) is 6.42 Å². The molecule has 2 rings (SSSR count). The van der Waals surface area contributed by atoms with Crippen molar-refractivity contribution < 1.29 is 4.79 Å². The van der Waals surface area contributed by atoms with Crippen LogP contribution >= 0.6 is 0 Å². The Labute approximate surface area is 108 Å². The van der Waals surface area contributed by atoms with Gasteiger partial charge in [-0.2, -0.15) is 0 Å². The van der Waals surface area contributed by atoms with Crippen molar-refractivity contribution in [1.29, 1.82) is 0 Å². The fraction of sp³-hybridized carbons (Fsp3) is 0.500. The number of anilines is 1. The van der Waals surface area contributed by atoms with E-state index in [4.69, 9.17) is 0 Å². The quantitative estimate of drug-likeness (QED) is 0.860. The first kappa shape index (κ1) is 12.9. The number of piperidine rings is 1. The maximum absolute atomic E-state index is 12.2. The number of benzene rings is 1. The van der Waals surface area contributed by atoms with Gasteiger partial charge in [-0.05, 0) is 43.5 Å². The van der Waals surface area contributed by atoms with Crippen molar-refractivity contribution in [3.63, 3.8) is 0 Å². The summed E-state index contributed by atoms with van der Waals surface area (Å²) in [6.07, 6.45) is 3.60. The summed E-state index contributed by atoms with van der Waals surface area (Å²) in [6.45, 7) is 3.88. The second kappa shape index (κ2) is 5.87. The lowest BCUT2D eigenvalue weighted by Crippen LogP contribution is -2.45. The van der Waals surface area contributed by atoms with Crippen LogP contribution in [0.15, 0.2) is 18.2 Å². The molecule has 0 unspecified atom stereocenters. The van der Waals surface area contributed by atoms with E-state index in [1.165, 1.54) is 6.42 Å². The molecule has 1 heterocycles. The zero-order valence-electron chi connectivity index (χ0n) is 11.1. The van der Waals surface area contributed by atoms with E-state index < -0.39 is 0 Å². The average Bonchev–Trinajstić information content (AvgIpc) is 2.39. The van der Waals surface area contributed by atoms with Gasteiger partial charge in [0.05, 0.1) is 0 Å². The predicted octanol–water partition coefficient (Wildman–Crippen LogP) is 2.17. The van der Waals surface area contributed by atoms with Crippen LogP contribution in [0.4, 0.5) is 5.69 Å². The Morgan fingerprint density at radius 3 is 2.56 bits per heavy atom. The van der Waals surface area contributed by atoms with Crippen molar-refractivity contribution in [2.75, 3.05) is 25.5 Å². The summed E-state index contributed by atoms with van der Waals surface area (Å²) in [5.41, 5.74) is 5.76. The molecule has 1 saturated heterocycles. The Hall–Kier alpha value is -1.55. The lowest BCUT2D eigenvalue weighted by Gasteiger charge is -2.27. The number of hydrazine groups is 1. The topological polar surface area (TPSA) is 44.4 Å². The number of nitrogens with zero attached hydrogens (tertiary/aromatic N) is 1. The minimum Gasteiger partial charge on any atom is -0.388 e. The molecule has 0 aliphatic carbocycles. The molecule has 1 amide bonds. The fourth-order valence-electron chi connectivity index (χ4n) is 2.28. The first-order valence-corrected chi connectivity index (χ1v) is 6.55. The molecule has 1 aromatic rings. The van der Waals surface area contributed by atoms with Crippen LogP contribution in [0.3, 0.4) is 0 Å². The van der Waals surface area contributed by atoms with E-state index in [1.807, 2.05) is 37.2 Å². The molecule has 0 atom stereocenters. The zero-order valence-corrected chi connectivity index (χ0v) is 11.1. The molecule has 1 aromatic carbocycles. The van der Waals surface area contributed by atoms with E-state index in [2.05, 4.69) is 10.7 Å². The van der Waals surface area contributed by atoms with Gasteiger partial charge in [0.25, 0.3) is 5.91 Å². The van der Waals surface area contributed by atoms with Crippen molar-refractivity contribution in [2.45, 2.75) is 26.2 Å². The molecule has 4 heteroatoms. The van der Waals surface area contributed by atoms with Gasteiger partial charge in [0.15, 0.2) is 0 Å². The molecule has 1 aliphatic rings. The molecule has 4 nitrogen and oxygen atoms in total. The highest BCUT2D eigenvalue weighted by atomic mass is 16.2. The molecule has 0 saturated carbocycles. The van der Waals surface area contributed by atoms with Crippen LogP contribution in [0.1, 0.15) is 35.2 Å². The number of amides is 1. The normalized spacial score (nSPS) is 16.3. The molecule has 18 heavy (non-hydrogen) atoms. The summed E-state index contributed by atoms with van der Waals surface area (Å²) in [5.74, 6) is -0.00273. The first-order chi connectivity index (χ1) is 8.70. The van der Waals surface area contributed by atoms with Crippen LogP contribution in [-0.2, 0) is 0 Å². The van der Waals surface area contributed by atoms with E-state index in [-0.39, 0.29) is 5.91 Å². The third-order valence-corrected chi connectivity index (χ3v) is 3.38. The Bertz CT molecular complexity index is 425. The SMILES string of the molecule is CNc1ccc(C(=O)NN2CCCCC2)c(C)c1. The van der Waals surface area contributed by atoms with Gasteiger partial charge in [0.1, 0.15) is 0 Å². The van der Waals surface area contributed by atoms with Crippen molar-refractivity contribution in [1.82, 2.24) is 10.4 Å². The summed E-state index contributed by atoms with van der Waals surface area (Å²) in [7, 11) is 1.88. The number of aryl methyl sites for hydroxylation is 1. The fourth-order valence-corrected chi connectivity index (χ4v) is 2.28. The molecular weight excluding hydrogens is 226 g/mol. The monoisotopic (exact) mass is 247 g/mol. The Morgan fingerprint density at radius 1 is 1.22 bits per heavy atom. The third-order valence-electron chi connectivity index (χ3n) is 3.38. The number of rotatable bonds is 3. The molecule has 0 bridgehead atoms. The van der Waals surface area contributed by atoms with Gasteiger partial charge in [-0.15, -0.1) is 0 Å². The molecule has 98 valence electrons. The van der Waals surface area contributed by atoms with Gasteiger partial charge >= 0.3 is 0 Å². The van der Waals surface area contributed by atoms with Gasteiger partial charge in [-0.3, -0.25) is 10.2 Å². The van der Waals surface area contributed by atoms with E-state index >= 15 is 0 Å². The van der Waals surface area contributed by atoms with E-state index in [9.17, 15) is 4.79 Å². The highest BCUT2D eigenvalue weighted by Gasteiger charge is 2.15. The Kier molecular flexibility index (Phi) is 4.20. The number of nitrogens with one attached hydrogen (secondary N) is 2. The van der Waals surface area contributed by atoms with Gasteiger partial charge < -0.3 is 5.32 Å². The summed E-state index contributed by atoms with van der Waals surface area (Å²) in [6, 6.07) is 5.80. The molecular formula is C14H21N3O. The zero-order chi connectivity index (χ0) is 13.0. The number of carbonyl (C=O) groups excluding carboxylic acids is 1. The van der Waals surface area contributed by atoms with Crippen LogP contribution in [0.25, 0.3) is 0 Å². The van der Waals surface area contributed by atoms with Crippen LogP contribution in [0, 0.1) is 6.92 Å². The second-order valence-electron chi connectivity index (χ2n) is 4.77. The van der Waals surface area contributed by atoms with Crippen molar-refractivity contribution in [3.8, 4) is 0 Å². The highest BCUT2D eigenvalue weighted by molar-refractivity contribution is 5.95. The lowest BCUT2D eigenvalue weighted by atomic mass is 10.1. The Balaban J connectivity index is 2.03. The standard InChI is InChI=1S/C14H21N3O/c1-11-10-12(15-2)6-7-13(11)14(18)16-17-8-4-3-5-9-17/h6-7,10,15H,3-5,8-9H2,1-2H3,(H,16,18). The molecule has 0 spiro atoms. The van der Waals surface area contributed by atoms with Gasteiger partial charge in [0.2, 0.25) is 0 Å². The van der Waals surface area contributed by atoms with Crippen LogP contribution in [0.5, 0.6) is 0 Å². The Morgan fingerprint density at radius 2 is 1.94 bits per heavy atom. The molecule has 0 aromatic heterocycles. The van der Waals surface area contributed by atoms with Crippen LogP contribution < -0.4 is 10.7 Å². The van der Waals surface area contributed by atoms with E-state index in [0.29, 0.717) is 0 Å². The van der Waals surface area contributed by atoms with E-state index in [0.717, 1.165) is 42.7 Å². The number of hydrogen-bond donors (Lipinski definition) is 2. The van der Waals surface area contributed by atoms with Crippen molar-refractivity contribution >= 4 is 11.6 Å². The van der Waals surface area contributed by atoms with Crippen molar-refractivity contribution in [2.24, 2.45) is 0 Å². The molecule has 0 radical (unpaired) electrons. The van der Waals surface area contributed by atoms with Gasteiger partial charge in [0, 0.05) is 31.4 Å². The smallest absolute Gasteiger partial charge is 0.265 e. The third kappa shape index (κ3) is 3.01. The summed E-state index contributed by atoms with van der Waals surface area (Å²) < 4.78 is 0. The second-order valence-corrected chi connectivity index (χ2v) is 4.77. The van der Waals surface area contributed by atoms with Crippen LogP contribution in [0.2, 0.25) is 0 Å². The summed E-state index contributed by atoms with van der Waals surface area (Å²) in [4.78, 5) is 12.2. The van der Waals surface area contributed by atoms with Crippen molar-refractivity contribution in [3.05, 3.63) is 29.3 Å². The maximum atomic E-state index is 12.2. The summed E-state index contributed by atoms with van der Waals surface area (Å²) in [5, 5.41) is 5.10. The predicted molar refractivity (Wildman–Crippen MR) is 73.6 cm³/mol. The summed E-state index contributed by atoms with van der Waals surface area (Å²) >= 11 is 0. The lowest BCUT2D eigenvalue weighted by molar-refractivity contribution is 0.0749. The largest absolute Gasteiger partial charge is 0.388 e. The van der Waals surface area contributed by atoms with Gasteiger partial charge in [-0.25, -0.2) is 5.01 Å². The van der Waals surface area contributed by atoms with E-state index in [1.54, 1.807) is 0 Å². The average molecular weight is 247 g/mol. The minimum atomic E-state index is -0.00273. The minimum absolute atomic E-state index is 0.00273. The van der Waals surface area contributed by atoms with Crippen LogP contribution in [-0.4, -0.2) is 31.1 Å². The molecule has 1 aliphatic heterocycles. The maximum Gasteiger partial charge on any atom is 0.265 e. The first-order valence-electron chi connectivity index (χ1n) is 6.55. The highest BCUT2D eigenvalue weighted by Crippen LogP contribution is 2.15.